The molecule has 31 heavy (non-hydrogen) atoms. The molecule has 168 valence electrons. The van der Waals surface area contributed by atoms with Crippen LogP contribution in [0.2, 0.25) is 0 Å². The van der Waals surface area contributed by atoms with Crippen LogP contribution in [0.4, 0.5) is 13.2 Å². The number of amides is 1. The summed E-state index contributed by atoms with van der Waals surface area (Å²) in [5.74, 6) is -0.105. The van der Waals surface area contributed by atoms with Crippen molar-refractivity contribution in [1.82, 2.24) is 5.32 Å². The van der Waals surface area contributed by atoms with Crippen LogP contribution >= 0.6 is 0 Å². The molecule has 0 unspecified atom stereocenters. The number of alkyl halides is 3. The average molecular weight is 455 g/mol. The second-order valence-electron chi connectivity index (χ2n) is 8.20. The maximum absolute atomic E-state index is 12.9. The Morgan fingerprint density at radius 1 is 1.03 bits per heavy atom. The highest BCUT2D eigenvalue weighted by Gasteiger charge is 2.44. The molecule has 0 aliphatic heterocycles. The molecule has 0 atom stereocenters. The molecule has 1 N–H and O–H groups in total. The van der Waals surface area contributed by atoms with Gasteiger partial charge in [-0.1, -0.05) is 18.2 Å². The van der Waals surface area contributed by atoms with Crippen molar-refractivity contribution in [3.05, 3.63) is 59.7 Å². The van der Waals surface area contributed by atoms with Crippen LogP contribution < -0.4 is 10.1 Å². The first-order valence-corrected chi connectivity index (χ1v) is 11.3. The Bertz CT molecular complexity index is 1060. The number of hydrogen-bond acceptors (Lipinski definition) is 4. The van der Waals surface area contributed by atoms with Crippen molar-refractivity contribution >= 4 is 15.7 Å². The van der Waals surface area contributed by atoms with E-state index in [0.717, 1.165) is 23.8 Å². The number of halogens is 3. The van der Waals surface area contributed by atoms with E-state index in [1.54, 1.807) is 19.2 Å². The minimum absolute atomic E-state index is 0.0725. The first kappa shape index (κ1) is 23.1. The number of carbonyl (C=O) groups is 1. The summed E-state index contributed by atoms with van der Waals surface area (Å²) in [7, 11) is -2.39. The Hall–Kier alpha value is -2.55. The van der Waals surface area contributed by atoms with Gasteiger partial charge >= 0.3 is 6.18 Å². The van der Waals surface area contributed by atoms with Crippen LogP contribution in [0.1, 0.15) is 37.8 Å². The van der Waals surface area contributed by atoms with Crippen molar-refractivity contribution in [1.29, 1.82) is 0 Å². The lowest BCUT2D eigenvalue weighted by Gasteiger charge is -2.37. The summed E-state index contributed by atoms with van der Waals surface area (Å²) >= 11 is 0. The number of carbonyl (C=O) groups excluding carboxylic acids is 1. The first-order valence-electron chi connectivity index (χ1n) is 9.72. The van der Waals surface area contributed by atoms with E-state index in [1.807, 2.05) is 26.0 Å². The highest BCUT2D eigenvalue weighted by atomic mass is 32.2. The van der Waals surface area contributed by atoms with E-state index in [0.29, 0.717) is 11.8 Å². The van der Waals surface area contributed by atoms with Crippen molar-refractivity contribution in [2.24, 2.45) is 5.92 Å². The molecule has 1 saturated carbocycles. The van der Waals surface area contributed by atoms with Crippen molar-refractivity contribution in [2.75, 3.05) is 7.11 Å². The number of nitrogens with one attached hydrogen (secondary N) is 1. The summed E-state index contributed by atoms with van der Waals surface area (Å²) in [5.41, 5.74) is -0.841. The monoisotopic (exact) mass is 455 g/mol. The fraction of sp³-hybridized carbons (Fsp3) is 0.409. The van der Waals surface area contributed by atoms with E-state index >= 15 is 0 Å². The van der Waals surface area contributed by atoms with Gasteiger partial charge in [0.05, 0.1) is 28.4 Å². The predicted molar refractivity (Wildman–Crippen MR) is 109 cm³/mol. The van der Waals surface area contributed by atoms with E-state index < -0.39 is 38.3 Å². The van der Waals surface area contributed by atoms with Gasteiger partial charge < -0.3 is 10.1 Å². The fourth-order valence-corrected chi connectivity index (χ4v) is 5.48. The highest BCUT2D eigenvalue weighted by Crippen LogP contribution is 2.38. The molecular weight excluding hydrogens is 431 g/mol. The summed E-state index contributed by atoms with van der Waals surface area (Å²) < 4.78 is 69.3. The van der Waals surface area contributed by atoms with Gasteiger partial charge in [0, 0.05) is 5.92 Å². The van der Waals surface area contributed by atoms with E-state index in [2.05, 4.69) is 5.32 Å². The van der Waals surface area contributed by atoms with Gasteiger partial charge in [-0.25, -0.2) is 8.42 Å². The molecule has 1 aliphatic rings. The third-order valence-corrected chi connectivity index (χ3v) is 7.82. The van der Waals surface area contributed by atoms with E-state index in [1.165, 1.54) is 0 Å². The van der Waals surface area contributed by atoms with Gasteiger partial charge in [-0.2, -0.15) is 13.2 Å². The van der Waals surface area contributed by atoms with Crippen LogP contribution in [0.25, 0.3) is 0 Å². The topological polar surface area (TPSA) is 72.5 Å². The summed E-state index contributed by atoms with van der Waals surface area (Å²) in [6, 6.07) is 10.9. The molecule has 0 heterocycles. The summed E-state index contributed by atoms with van der Waals surface area (Å²) in [6.07, 6.45) is -4.48. The van der Waals surface area contributed by atoms with Crippen LogP contribution in [-0.4, -0.2) is 26.7 Å². The Labute approximate surface area is 179 Å². The smallest absolute Gasteiger partial charge is 0.416 e. The number of ether oxygens (including phenoxy) is 1. The van der Waals surface area contributed by atoms with Crippen LogP contribution in [-0.2, 0) is 26.3 Å². The van der Waals surface area contributed by atoms with Crippen molar-refractivity contribution in [2.45, 2.75) is 48.5 Å². The summed E-state index contributed by atoms with van der Waals surface area (Å²) in [6.45, 7) is 3.67. The zero-order valence-electron chi connectivity index (χ0n) is 17.4. The third kappa shape index (κ3) is 4.87. The first-order chi connectivity index (χ1) is 14.3. The molecule has 0 bridgehead atoms. The molecule has 1 amide bonds. The Balaban J connectivity index is 1.65. The summed E-state index contributed by atoms with van der Waals surface area (Å²) in [5, 5.41) is 2.05. The molecule has 0 radical (unpaired) electrons. The molecule has 0 saturated heterocycles. The molecule has 3 rings (SSSR count). The van der Waals surface area contributed by atoms with Gasteiger partial charge in [-0.15, -0.1) is 0 Å². The fourth-order valence-electron chi connectivity index (χ4n) is 3.56. The van der Waals surface area contributed by atoms with Crippen LogP contribution in [0, 0.1) is 5.92 Å². The second kappa shape index (κ2) is 8.18. The Morgan fingerprint density at radius 2 is 1.65 bits per heavy atom. The molecule has 5 nitrogen and oxygen atoms in total. The number of benzene rings is 2. The molecule has 9 heteroatoms. The maximum Gasteiger partial charge on any atom is 0.416 e. The minimum Gasteiger partial charge on any atom is -0.497 e. The molecule has 2 aromatic rings. The molecule has 0 aromatic heterocycles. The van der Waals surface area contributed by atoms with E-state index in [4.69, 9.17) is 4.74 Å². The van der Waals surface area contributed by atoms with Gasteiger partial charge in [0.15, 0.2) is 9.84 Å². The zero-order chi connectivity index (χ0) is 23.0. The van der Waals surface area contributed by atoms with Crippen molar-refractivity contribution < 1.29 is 31.1 Å². The Morgan fingerprint density at radius 3 is 2.19 bits per heavy atom. The third-order valence-electron chi connectivity index (χ3n) is 5.64. The van der Waals surface area contributed by atoms with Gasteiger partial charge in [0.2, 0.25) is 5.91 Å². The van der Waals surface area contributed by atoms with E-state index in [-0.39, 0.29) is 23.6 Å². The van der Waals surface area contributed by atoms with Gasteiger partial charge in [-0.05, 0) is 62.6 Å². The standard InChI is InChI=1S/C22H24F3NO4S/c1-21(2,15-7-9-17(30-3)10-8-15)26-20(27)14-11-19(12-14)31(28,29)18-6-4-5-16(13-18)22(23,24)25/h4-10,13-14,19H,11-12H2,1-3H3,(H,26,27). The van der Waals surface area contributed by atoms with Crippen molar-refractivity contribution in [3.8, 4) is 5.75 Å². The largest absolute Gasteiger partial charge is 0.497 e. The minimum atomic E-state index is -4.62. The normalized spacial score (nSPS) is 19.4. The highest BCUT2D eigenvalue weighted by molar-refractivity contribution is 7.92. The zero-order valence-corrected chi connectivity index (χ0v) is 18.2. The van der Waals surface area contributed by atoms with Crippen LogP contribution in [0.15, 0.2) is 53.4 Å². The quantitative estimate of drug-likeness (QED) is 0.704. The second-order valence-corrected chi connectivity index (χ2v) is 10.4. The lowest BCUT2D eigenvalue weighted by atomic mass is 9.83. The Kier molecular flexibility index (Phi) is 6.10. The molecular formula is C22H24F3NO4S. The lowest BCUT2D eigenvalue weighted by molar-refractivity contribution is -0.137. The maximum atomic E-state index is 12.9. The van der Waals surface area contributed by atoms with Gasteiger partial charge in [0.25, 0.3) is 0 Å². The van der Waals surface area contributed by atoms with Crippen LogP contribution in [0.5, 0.6) is 5.75 Å². The van der Waals surface area contributed by atoms with Gasteiger partial charge in [-0.3, -0.25) is 4.79 Å². The summed E-state index contributed by atoms with van der Waals surface area (Å²) in [4.78, 5) is 12.3. The molecule has 1 fully saturated rings. The number of rotatable bonds is 6. The molecule has 0 spiro atoms. The predicted octanol–water partition coefficient (Wildman–Crippen LogP) is 4.32. The van der Waals surface area contributed by atoms with Gasteiger partial charge in [0.1, 0.15) is 5.75 Å². The number of sulfone groups is 1. The van der Waals surface area contributed by atoms with E-state index in [9.17, 15) is 26.4 Å². The SMILES string of the molecule is COc1ccc(C(C)(C)NC(=O)C2CC(S(=O)(=O)c3cccc(C(F)(F)F)c3)C2)cc1. The average Bonchev–Trinajstić information content (AvgIpc) is 2.65. The molecule has 2 aromatic carbocycles. The molecule has 1 aliphatic carbocycles. The number of methoxy groups -OCH3 is 1. The lowest BCUT2D eigenvalue weighted by Crippen LogP contribution is -2.49. The van der Waals surface area contributed by atoms with Crippen molar-refractivity contribution in [3.63, 3.8) is 0 Å². The van der Waals surface area contributed by atoms with Crippen LogP contribution in [0.3, 0.4) is 0 Å². The number of hydrogen-bond donors (Lipinski definition) is 1.